The summed E-state index contributed by atoms with van der Waals surface area (Å²) in [6.45, 7) is 7.70. The molecule has 0 saturated carbocycles. The second-order valence-electron chi connectivity index (χ2n) is 10.2. The van der Waals surface area contributed by atoms with Crippen molar-refractivity contribution in [2.75, 3.05) is 31.6 Å². The summed E-state index contributed by atoms with van der Waals surface area (Å²) in [5.74, 6) is 0.122. The van der Waals surface area contributed by atoms with Gasteiger partial charge in [-0.1, -0.05) is 43.8 Å². The summed E-state index contributed by atoms with van der Waals surface area (Å²) in [7, 11) is -3.61. The first kappa shape index (κ1) is 29.3. The third-order valence-electron chi connectivity index (χ3n) is 6.67. The van der Waals surface area contributed by atoms with Crippen molar-refractivity contribution in [1.29, 1.82) is 0 Å². The van der Waals surface area contributed by atoms with Crippen molar-refractivity contribution < 1.29 is 22.7 Å². The van der Waals surface area contributed by atoms with Gasteiger partial charge in [-0.3, -0.25) is 14.5 Å². The predicted octanol–water partition coefficient (Wildman–Crippen LogP) is 4.49. The summed E-state index contributed by atoms with van der Waals surface area (Å²) in [4.78, 5) is 32.9. The average molecular weight is 573 g/mol. The Labute approximate surface area is 235 Å². The molecule has 2 aliphatic rings. The molecule has 11 heteroatoms. The van der Waals surface area contributed by atoms with Crippen molar-refractivity contribution in [3.63, 3.8) is 0 Å². The van der Waals surface area contributed by atoms with Gasteiger partial charge in [0, 0.05) is 31.2 Å². The van der Waals surface area contributed by atoms with Crippen molar-refractivity contribution in [1.82, 2.24) is 9.21 Å². The number of amidine groups is 1. The molecule has 1 N–H and O–H groups in total. The van der Waals surface area contributed by atoms with Crippen LogP contribution in [0.2, 0.25) is 0 Å². The van der Waals surface area contributed by atoms with Gasteiger partial charge in [0.1, 0.15) is 5.25 Å². The Hall–Kier alpha value is -2.73. The number of nitrogens with zero attached hydrogens (tertiary/aromatic N) is 3. The van der Waals surface area contributed by atoms with Gasteiger partial charge in [0.15, 0.2) is 5.17 Å². The lowest BCUT2D eigenvalue weighted by molar-refractivity contribution is -0.129. The van der Waals surface area contributed by atoms with E-state index in [0.717, 1.165) is 12.8 Å². The number of rotatable bonds is 10. The second-order valence-corrected chi connectivity index (χ2v) is 13.3. The monoisotopic (exact) mass is 572 g/mol. The molecule has 2 fully saturated rings. The highest BCUT2D eigenvalue weighted by Crippen LogP contribution is 2.35. The number of aliphatic imine (C=N–C) groups is 1. The molecule has 39 heavy (non-hydrogen) atoms. The Morgan fingerprint density at radius 1 is 1.05 bits per heavy atom. The zero-order valence-corrected chi connectivity index (χ0v) is 24.2. The number of carbonyl (C=O) groups is 2. The summed E-state index contributed by atoms with van der Waals surface area (Å²) < 4.78 is 32.6. The molecule has 9 nitrogen and oxygen atoms in total. The van der Waals surface area contributed by atoms with E-state index in [2.05, 4.69) is 19.2 Å². The first-order chi connectivity index (χ1) is 18.6. The Bertz CT molecular complexity index is 1280. The normalized spacial score (nSPS) is 20.5. The average Bonchev–Trinajstić information content (AvgIpc) is 3.22. The summed E-state index contributed by atoms with van der Waals surface area (Å²) in [6, 6.07) is 15.5. The van der Waals surface area contributed by atoms with Gasteiger partial charge in [0.25, 0.3) is 0 Å². The van der Waals surface area contributed by atoms with Crippen LogP contribution in [-0.2, 0) is 24.3 Å². The van der Waals surface area contributed by atoms with Gasteiger partial charge in [0.05, 0.1) is 23.8 Å². The van der Waals surface area contributed by atoms with Crippen molar-refractivity contribution in [2.24, 2.45) is 10.9 Å². The molecule has 4 rings (SSSR count). The van der Waals surface area contributed by atoms with Gasteiger partial charge in [-0.15, -0.1) is 0 Å². The molecule has 0 spiro atoms. The molecule has 210 valence electrons. The SMILES string of the molecule is CC(C)CCC(C)N1C(=O)C(CC(=O)Nc2ccccc2)SC1=Nc1ccc(S(=O)(=O)N2CCOCC2)cc1. The van der Waals surface area contributed by atoms with Crippen molar-refractivity contribution in [2.45, 2.75) is 56.2 Å². The zero-order chi connectivity index (χ0) is 28.0. The molecule has 2 aromatic rings. The molecular formula is C28H36N4O5S2. The number of carbonyl (C=O) groups excluding carboxylic acids is 2. The third kappa shape index (κ3) is 7.47. The van der Waals surface area contributed by atoms with Gasteiger partial charge >= 0.3 is 0 Å². The van der Waals surface area contributed by atoms with Crippen molar-refractivity contribution in [3.05, 3.63) is 54.6 Å². The van der Waals surface area contributed by atoms with Crippen LogP contribution in [0.4, 0.5) is 11.4 Å². The van der Waals surface area contributed by atoms with E-state index in [-0.39, 0.29) is 29.2 Å². The fraction of sp³-hybridized carbons (Fsp3) is 0.464. The van der Waals surface area contributed by atoms with Crippen LogP contribution in [0.3, 0.4) is 0 Å². The molecule has 2 unspecified atom stereocenters. The Morgan fingerprint density at radius 2 is 1.72 bits per heavy atom. The standard InChI is InChI=1S/C28H36N4O5S2/c1-20(2)9-10-21(3)32-27(34)25(19-26(33)29-22-7-5-4-6-8-22)38-28(32)30-23-11-13-24(14-12-23)39(35,36)31-15-17-37-18-16-31/h4-8,11-14,20-21,25H,9-10,15-19H2,1-3H3,(H,29,33). The van der Waals surface area contributed by atoms with Crippen LogP contribution in [0.15, 0.2) is 64.5 Å². The van der Waals surface area contributed by atoms with Crippen LogP contribution in [0.5, 0.6) is 0 Å². The van der Waals surface area contributed by atoms with Gasteiger partial charge in [-0.2, -0.15) is 4.31 Å². The number of thioether (sulfide) groups is 1. The van der Waals surface area contributed by atoms with Crippen LogP contribution < -0.4 is 5.32 Å². The highest BCUT2D eigenvalue weighted by Gasteiger charge is 2.41. The first-order valence-corrected chi connectivity index (χ1v) is 15.6. The van der Waals surface area contributed by atoms with Gasteiger partial charge in [-0.25, -0.2) is 13.4 Å². The largest absolute Gasteiger partial charge is 0.379 e. The molecule has 2 atom stereocenters. The number of benzene rings is 2. The summed E-state index contributed by atoms with van der Waals surface area (Å²) in [6.07, 6.45) is 1.79. The molecule has 0 aromatic heterocycles. The van der Waals surface area contributed by atoms with E-state index in [1.165, 1.54) is 16.1 Å². The van der Waals surface area contributed by atoms with Crippen LogP contribution >= 0.6 is 11.8 Å². The molecule has 2 aromatic carbocycles. The zero-order valence-electron chi connectivity index (χ0n) is 22.6. The molecule has 0 radical (unpaired) electrons. The number of hydrogen-bond acceptors (Lipinski definition) is 7. The van der Waals surface area contributed by atoms with Crippen LogP contribution in [0.1, 0.15) is 40.0 Å². The Balaban J connectivity index is 1.53. The molecule has 0 bridgehead atoms. The first-order valence-electron chi connectivity index (χ1n) is 13.3. The van der Waals surface area contributed by atoms with E-state index in [1.807, 2.05) is 25.1 Å². The Morgan fingerprint density at radius 3 is 2.36 bits per heavy atom. The van der Waals surface area contributed by atoms with Gasteiger partial charge in [0.2, 0.25) is 21.8 Å². The van der Waals surface area contributed by atoms with Crippen LogP contribution in [0, 0.1) is 5.92 Å². The quantitative estimate of drug-likeness (QED) is 0.449. The minimum absolute atomic E-state index is 0.0293. The lowest BCUT2D eigenvalue weighted by Crippen LogP contribution is -2.40. The highest BCUT2D eigenvalue weighted by molar-refractivity contribution is 8.15. The van der Waals surface area contributed by atoms with E-state index in [4.69, 9.17) is 9.73 Å². The van der Waals surface area contributed by atoms with E-state index >= 15 is 0 Å². The second kappa shape index (κ2) is 13.1. The smallest absolute Gasteiger partial charge is 0.243 e. The molecule has 2 saturated heterocycles. The minimum atomic E-state index is -3.61. The van der Waals surface area contributed by atoms with E-state index in [9.17, 15) is 18.0 Å². The third-order valence-corrected chi connectivity index (χ3v) is 9.73. The van der Waals surface area contributed by atoms with Crippen molar-refractivity contribution in [3.8, 4) is 0 Å². The maximum Gasteiger partial charge on any atom is 0.243 e. The maximum absolute atomic E-state index is 13.5. The van der Waals surface area contributed by atoms with Crippen molar-refractivity contribution >= 4 is 50.1 Å². The maximum atomic E-state index is 13.5. The fourth-order valence-corrected chi connectivity index (χ4v) is 7.10. The number of anilines is 1. The fourth-order valence-electron chi connectivity index (χ4n) is 4.44. The van der Waals surface area contributed by atoms with E-state index in [0.29, 0.717) is 48.8 Å². The molecule has 2 heterocycles. The number of ether oxygens (including phenoxy) is 1. The van der Waals surface area contributed by atoms with Gasteiger partial charge < -0.3 is 10.1 Å². The summed E-state index contributed by atoms with van der Waals surface area (Å²) in [5, 5.41) is 2.79. The molecular weight excluding hydrogens is 536 g/mol. The number of morpholine rings is 1. The van der Waals surface area contributed by atoms with Crippen LogP contribution in [0.25, 0.3) is 0 Å². The molecule has 2 aliphatic heterocycles. The number of amides is 2. The van der Waals surface area contributed by atoms with E-state index < -0.39 is 15.3 Å². The Kier molecular flexibility index (Phi) is 9.81. The highest BCUT2D eigenvalue weighted by atomic mass is 32.2. The lowest BCUT2D eigenvalue weighted by Gasteiger charge is -2.26. The van der Waals surface area contributed by atoms with Crippen LogP contribution in [-0.4, -0.2) is 72.2 Å². The number of nitrogens with one attached hydrogen (secondary N) is 1. The number of hydrogen-bond donors (Lipinski definition) is 1. The lowest BCUT2D eigenvalue weighted by atomic mass is 10.0. The predicted molar refractivity (Wildman–Crippen MR) is 155 cm³/mol. The van der Waals surface area contributed by atoms with E-state index in [1.54, 1.807) is 41.3 Å². The number of para-hydroxylation sites is 1. The van der Waals surface area contributed by atoms with Gasteiger partial charge in [-0.05, 0) is 62.1 Å². The number of sulfonamides is 1. The topological polar surface area (TPSA) is 108 Å². The summed E-state index contributed by atoms with van der Waals surface area (Å²) in [5.41, 5.74) is 1.22. The molecule has 0 aliphatic carbocycles. The summed E-state index contributed by atoms with van der Waals surface area (Å²) >= 11 is 1.28. The molecule has 2 amide bonds. The minimum Gasteiger partial charge on any atom is -0.379 e.